The van der Waals surface area contributed by atoms with Gasteiger partial charge in [-0.15, -0.1) is 0 Å². The highest BCUT2D eigenvalue weighted by molar-refractivity contribution is 5.83. The first-order chi connectivity index (χ1) is 11.6. The van der Waals surface area contributed by atoms with Gasteiger partial charge in [0.25, 0.3) is 0 Å². The summed E-state index contributed by atoms with van der Waals surface area (Å²) in [5.41, 5.74) is 1.05. The number of benzene rings is 1. The fourth-order valence-electron chi connectivity index (χ4n) is 3.09. The molecule has 1 fully saturated rings. The Bertz CT molecular complexity index is 559. The molecule has 1 N–H and O–H groups in total. The highest BCUT2D eigenvalue weighted by Crippen LogP contribution is 2.34. The number of rotatable bonds is 7. The smallest absolute Gasteiger partial charge is 0.225 e. The van der Waals surface area contributed by atoms with Crippen molar-refractivity contribution in [3.05, 3.63) is 29.8 Å². The van der Waals surface area contributed by atoms with Crippen molar-refractivity contribution in [2.45, 2.75) is 19.3 Å². The van der Waals surface area contributed by atoms with E-state index in [2.05, 4.69) is 5.32 Å². The average Bonchev–Trinajstić information content (AvgIpc) is 3.06. The number of hydrogen-bond donors (Lipinski definition) is 1. The molecule has 0 saturated carbocycles. The first-order valence-electron chi connectivity index (χ1n) is 8.29. The van der Waals surface area contributed by atoms with E-state index in [0.717, 1.165) is 11.3 Å². The number of hydrogen-bond acceptors (Lipinski definition) is 4. The maximum absolute atomic E-state index is 12.6. The molecular formula is C18H26N2O4. The summed E-state index contributed by atoms with van der Waals surface area (Å²) < 4.78 is 10.2. The second-order valence-electron chi connectivity index (χ2n) is 5.92. The Balaban J connectivity index is 2.16. The molecule has 2 rings (SSSR count). The summed E-state index contributed by atoms with van der Waals surface area (Å²) in [4.78, 5) is 26.4. The molecule has 1 aromatic carbocycles. The molecule has 1 saturated heterocycles. The Morgan fingerprint density at radius 2 is 1.92 bits per heavy atom. The number of nitrogens with one attached hydrogen (secondary N) is 1. The molecule has 2 amide bonds. The normalized spacial score (nSPS) is 20.0. The molecule has 2 unspecified atom stereocenters. The molecule has 1 aliphatic rings. The summed E-state index contributed by atoms with van der Waals surface area (Å²) in [5.74, 6) is 0.582. The standard InChI is InChI=1S/C18H26N2O4/c1-4-17(21)20-11-15(13-5-7-14(24-3)8-6-13)16(12-20)18(22)19-9-10-23-2/h5-8,15-16H,4,9-12H2,1-3H3,(H,19,22). The minimum atomic E-state index is -0.245. The number of carbonyl (C=O) groups is 2. The first-order valence-corrected chi connectivity index (χ1v) is 8.29. The van der Waals surface area contributed by atoms with Crippen molar-refractivity contribution in [1.29, 1.82) is 0 Å². The van der Waals surface area contributed by atoms with Crippen molar-refractivity contribution >= 4 is 11.8 Å². The van der Waals surface area contributed by atoms with Gasteiger partial charge in [-0.2, -0.15) is 0 Å². The van der Waals surface area contributed by atoms with Gasteiger partial charge in [0.15, 0.2) is 0 Å². The van der Waals surface area contributed by atoms with Crippen LogP contribution in [0.5, 0.6) is 5.75 Å². The van der Waals surface area contributed by atoms with Crippen molar-refractivity contribution in [2.75, 3.05) is 40.5 Å². The Morgan fingerprint density at radius 1 is 1.21 bits per heavy atom. The molecule has 0 spiro atoms. The molecular weight excluding hydrogens is 308 g/mol. The Morgan fingerprint density at radius 3 is 2.50 bits per heavy atom. The molecule has 0 aromatic heterocycles. The first kappa shape index (κ1) is 18.3. The lowest BCUT2D eigenvalue weighted by Gasteiger charge is -2.18. The number of nitrogens with zero attached hydrogens (tertiary/aromatic N) is 1. The van der Waals surface area contributed by atoms with E-state index in [1.54, 1.807) is 19.1 Å². The van der Waals surface area contributed by atoms with Gasteiger partial charge >= 0.3 is 0 Å². The van der Waals surface area contributed by atoms with Gasteiger partial charge in [0.05, 0.1) is 19.6 Å². The Hall–Kier alpha value is -2.08. The van der Waals surface area contributed by atoms with Crippen molar-refractivity contribution in [2.24, 2.45) is 5.92 Å². The van der Waals surface area contributed by atoms with Crippen LogP contribution < -0.4 is 10.1 Å². The molecule has 0 bridgehead atoms. The number of carbonyl (C=O) groups excluding carboxylic acids is 2. The second kappa shape index (κ2) is 8.68. The molecule has 2 atom stereocenters. The SMILES string of the molecule is CCC(=O)N1CC(C(=O)NCCOC)C(c2ccc(OC)cc2)C1. The van der Waals surface area contributed by atoms with Gasteiger partial charge in [0, 0.05) is 39.1 Å². The summed E-state index contributed by atoms with van der Waals surface area (Å²) in [6.07, 6.45) is 0.452. The highest BCUT2D eigenvalue weighted by Gasteiger charge is 2.39. The largest absolute Gasteiger partial charge is 0.497 e. The predicted octanol–water partition coefficient (Wildman–Crippen LogP) is 1.41. The minimum Gasteiger partial charge on any atom is -0.497 e. The Labute approximate surface area is 143 Å². The zero-order valence-electron chi connectivity index (χ0n) is 14.6. The molecule has 6 heteroatoms. The predicted molar refractivity (Wildman–Crippen MR) is 91.0 cm³/mol. The molecule has 132 valence electrons. The molecule has 24 heavy (non-hydrogen) atoms. The number of methoxy groups -OCH3 is 2. The zero-order valence-corrected chi connectivity index (χ0v) is 14.6. The van der Waals surface area contributed by atoms with E-state index in [-0.39, 0.29) is 23.7 Å². The Kier molecular flexibility index (Phi) is 6.61. The van der Waals surface area contributed by atoms with Gasteiger partial charge in [-0.3, -0.25) is 9.59 Å². The highest BCUT2D eigenvalue weighted by atomic mass is 16.5. The molecule has 1 heterocycles. The van der Waals surface area contributed by atoms with Crippen LogP contribution in [-0.4, -0.2) is 57.2 Å². The van der Waals surface area contributed by atoms with Gasteiger partial charge < -0.3 is 19.7 Å². The van der Waals surface area contributed by atoms with Crippen LogP contribution in [0.4, 0.5) is 0 Å². The van der Waals surface area contributed by atoms with E-state index < -0.39 is 0 Å². The summed E-state index contributed by atoms with van der Waals surface area (Å²) >= 11 is 0. The summed E-state index contributed by atoms with van der Waals surface area (Å²) in [6.45, 7) is 3.83. The lowest BCUT2D eigenvalue weighted by molar-refractivity contribution is -0.130. The van der Waals surface area contributed by atoms with Gasteiger partial charge in [-0.05, 0) is 17.7 Å². The van der Waals surface area contributed by atoms with Crippen LogP contribution in [0.1, 0.15) is 24.8 Å². The van der Waals surface area contributed by atoms with Crippen LogP contribution in [0.25, 0.3) is 0 Å². The summed E-state index contributed by atoms with van der Waals surface area (Å²) in [5, 5.41) is 2.90. The van der Waals surface area contributed by atoms with Crippen molar-refractivity contribution in [1.82, 2.24) is 10.2 Å². The van der Waals surface area contributed by atoms with Crippen LogP contribution in [0.3, 0.4) is 0 Å². The number of ether oxygens (including phenoxy) is 2. The van der Waals surface area contributed by atoms with Gasteiger partial charge in [-0.25, -0.2) is 0 Å². The quantitative estimate of drug-likeness (QED) is 0.766. The third kappa shape index (κ3) is 4.26. The topological polar surface area (TPSA) is 67.9 Å². The second-order valence-corrected chi connectivity index (χ2v) is 5.92. The number of amides is 2. The van der Waals surface area contributed by atoms with Crippen LogP contribution in [0.2, 0.25) is 0 Å². The third-order valence-electron chi connectivity index (χ3n) is 4.46. The van der Waals surface area contributed by atoms with E-state index in [0.29, 0.717) is 32.7 Å². The minimum absolute atomic E-state index is 0.00560. The average molecular weight is 334 g/mol. The lowest BCUT2D eigenvalue weighted by Crippen LogP contribution is -2.37. The lowest BCUT2D eigenvalue weighted by atomic mass is 9.88. The van der Waals surface area contributed by atoms with Crippen molar-refractivity contribution < 1.29 is 19.1 Å². The van der Waals surface area contributed by atoms with E-state index in [1.807, 2.05) is 31.2 Å². The van der Waals surface area contributed by atoms with E-state index >= 15 is 0 Å². The molecule has 0 radical (unpaired) electrons. The molecule has 1 aromatic rings. The summed E-state index contributed by atoms with van der Waals surface area (Å²) in [6, 6.07) is 7.72. The number of likely N-dealkylation sites (tertiary alicyclic amines) is 1. The zero-order chi connectivity index (χ0) is 17.5. The van der Waals surface area contributed by atoms with E-state index in [9.17, 15) is 9.59 Å². The maximum atomic E-state index is 12.6. The fraction of sp³-hybridized carbons (Fsp3) is 0.556. The monoisotopic (exact) mass is 334 g/mol. The molecule has 6 nitrogen and oxygen atoms in total. The van der Waals surface area contributed by atoms with Crippen molar-refractivity contribution in [3.8, 4) is 5.75 Å². The van der Waals surface area contributed by atoms with Crippen LogP contribution in [0, 0.1) is 5.92 Å². The maximum Gasteiger partial charge on any atom is 0.225 e. The fourth-order valence-corrected chi connectivity index (χ4v) is 3.09. The third-order valence-corrected chi connectivity index (χ3v) is 4.46. The van der Waals surface area contributed by atoms with Gasteiger partial charge in [0.2, 0.25) is 11.8 Å². The van der Waals surface area contributed by atoms with Gasteiger partial charge in [-0.1, -0.05) is 19.1 Å². The van der Waals surface area contributed by atoms with Crippen LogP contribution in [0.15, 0.2) is 24.3 Å². The van der Waals surface area contributed by atoms with Crippen molar-refractivity contribution in [3.63, 3.8) is 0 Å². The van der Waals surface area contributed by atoms with E-state index in [4.69, 9.17) is 9.47 Å². The van der Waals surface area contributed by atoms with Gasteiger partial charge in [0.1, 0.15) is 5.75 Å². The molecule has 1 aliphatic heterocycles. The van der Waals surface area contributed by atoms with Crippen LogP contribution in [-0.2, 0) is 14.3 Å². The summed E-state index contributed by atoms with van der Waals surface area (Å²) in [7, 11) is 3.22. The van der Waals surface area contributed by atoms with Crippen LogP contribution >= 0.6 is 0 Å². The molecule has 0 aliphatic carbocycles. The van der Waals surface area contributed by atoms with E-state index in [1.165, 1.54) is 0 Å².